The van der Waals surface area contributed by atoms with Crippen LogP contribution < -0.4 is 0 Å². The van der Waals surface area contributed by atoms with Gasteiger partial charge in [0.05, 0.1) is 27.8 Å². The molecule has 0 atom stereocenters. The van der Waals surface area contributed by atoms with E-state index in [1.165, 1.54) is 0 Å². The Hall–Kier alpha value is -5.93. The van der Waals surface area contributed by atoms with Gasteiger partial charge in [0, 0.05) is 38.5 Å². The van der Waals surface area contributed by atoms with Crippen LogP contribution in [0.2, 0.25) is 0 Å². The number of nitrogens with zero attached hydrogens (tertiary/aromatic N) is 2. The van der Waals surface area contributed by atoms with Crippen molar-refractivity contribution in [2.24, 2.45) is 0 Å². The number of hydrogen-bond acceptors (Lipinski definition) is 2. The molecule has 0 N–H and O–H groups in total. The second-order valence-corrected chi connectivity index (χ2v) is 11.2. The van der Waals surface area contributed by atoms with Crippen molar-refractivity contribution in [3.63, 3.8) is 0 Å². The first-order valence-corrected chi connectivity index (χ1v) is 14.9. The van der Waals surface area contributed by atoms with Gasteiger partial charge in [0.2, 0.25) is 0 Å². The van der Waals surface area contributed by atoms with Gasteiger partial charge in [-0.15, -0.1) is 0 Å². The zero-order valence-electron chi connectivity index (χ0n) is 23.8. The second kappa shape index (κ2) is 9.82. The van der Waals surface area contributed by atoms with Crippen LogP contribution in [0.25, 0.3) is 83.1 Å². The molecule has 0 aliphatic rings. The van der Waals surface area contributed by atoms with Crippen LogP contribution in [0.5, 0.6) is 0 Å². The predicted octanol–water partition coefficient (Wildman–Crippen LogP) is 11.1. The lowest BCUT2D eigenvalue weighted by Crippen LogP contribution is -1.96. The smallest absolute Gasteiger partial charge is 0.145 e. The van der Waals surface area contributed by atoms with Crippen LogP contribution in [0.3, 0.4) is 0 Å². The van der Waals surface area contributed by atoms with Crippen molar-refractivity contribution in [3.8, 4) is 39.3 Å². The van der Waals surface area contributed by atoms with Crippen LogP contribution in [-0.4, -0.2) is 9.55 Å². The minimum absolute atomic E-state index is 0.891. The molecule has 0 saturated carbocycles. The fourth-order valence-corrected chi connectivity index (χ4v) is 6.60. The van der Waals surface area contributed by atoms with Crippen molar-refractivity contribution in [2.75, 3.05) is 0 Å². The summed E-state index contributed by atoms with van der Waals surface area (Å²) in [7, 11) is 0. The van der Waals surface area contributed by atoms with Gasteiger partial charge in [-0.1, -0.05) is 115 Å². The van der Waals surface area contributed by atoms with Gasteiger partial charge in [-0.25, -0.2) is 4.98 Å². The Morgan fingerprint density at radius 3 is 1.73 bits per heavy atom. The van der Waals surface area contributed by atoms with Gasteiger partial charge in [-0.05, 0) is 48.0 Å². The van der Waals surface area contributed by atoms with E-state index in [0.717, 1.165) is 83.1 Å². The number of para-hydroxylation sites is 3. The largest absolute Gasteiger partial charge is 0.455 e. The normalized spacial score (nSPS) is 11.6. The van der Waals surface area contributed by atoms with Crippen LogP contribution in [-0.2, 0) is 0 Å². The van der Waals surface area contributed by atoms with E-state index in [1.807, 2.05) is 18.2 Å². The van der Waals surface area contributed by atoms with E-state index in [1.54, 1.807) is 0 Å². The lowest BCUT2D eigenvalue weighted by Gasteiger charge is -2.14. The van der Waals surface area contributed by atoms with Gasteiger partial charge in [0.1, 0.15) is 11.2 Å². The minimum atomic E-state index is 0.891. The molecule has 0 amide bonds. The molecule has 0 unspecified atom stereocenters. The van der Waals surface area contributed by atoms with E-state index in [-0.39, 0.29) is 0 Å². The third-order valence-electron chi connectivity index (χ3n) is 8.57. The minimum Gasteiger partial charge on any atom is -0.455 e. The van der Waals surface area contributed by atoms with Crippen molar-refractivity contribution in [3.05, 3.63) is 158 Å². The summed E-state index contributed by atoms with van der Waals surface area (Å²) < 4.78 is 9.06. The van der Waals surface area contributed by atoms with E-state index in [4.69, 9.17) is 9.40 Å². The quantitative estimate of drug-likeness (QED) is 0.214. The SMILES string of the molecule is c1ccc(-c2cc(-c3cc4c5ccccc5oc4c4c5ccccc5n(-c5ccccc5)c34)cc(-c3ccccc3)n2)cc1. The number of fused-ring (bicyclic) bond motifs is 7. The first kappa shape index (κ1) is 24.6. The third-order valence-corrected chi connectivity index (χ3v) is 8.57. The van der Waals surface area contributed by atoms with Gasteiger partial charge in [-0.2, -0.15) is 0 Å². The standard InChI is InChI=1S/C41H26N2O/c1-4-14-27(15-5-1)35-24-29(25-36(42-35)28-16-6-2-7-17-28)33-26-34-31-20-11-13-23-38(31)44-41(34)39-32-21-10-12-22-37(32)43(40(33)39)30-18-8-3-9-19-30/h1-26H. The first-order valence-electron chi connectivity index (χ1n) is 14.9. The van der Waals surface area contributed by atoms with Crippen molar-refractivity contribution in [1.82, 2.24) is 9.55 Å². The van der Waals surface area contributed by atoms with E-state index in [2.05, 4.69) is 144 Å². The molecule has 0 radical (unpaired) electrons. The highest BCUT2D eigenvalue weighted by atomic mass is 16.3. The van der Waals surface area contributed by atoms with Crippen LogP contribution in [0, 0.1) is 0 Å². The molecular weight excluding hydrogens is 536 g/mol. The predicted molar refractivity (Wildman–Crippen MR) is 182 cm³/mol. The molecular formula is C41H26N2O. The average Bonchev–Trinajstić information content (AvgIpc) is 3.65. The molecule has 44 heavy (non-hydrogen) atoms. The second-order valence-electron chi connectivity index (χ2n) is 11.2. The maximum absolute atomic E-state index is 6.67. The Labute approximate surface area is 254 Å². The number of furan rings is 1. The fraction of sp³-hybridized carbons (Fsp3) is 0. The van der Waals surface area contributed by atoms with Crippen molar-refractivity contribution >= 4 is 43.7 Å². The van der Waals surface area contributed by atoms with Crippen LogP contribution >= 0.6 is 0 Å². The summed E-state index contributed by atoms with van der Waals surface area (Å²) >= 11 is 0. The summed E-state index contributed by atoms with van der Waals surface area (Å²) in [5, 5.41) is 4.51. The highest BCUT2D eigenvalue weighted by molar-refractivity contribution is 6.27. The molecule has 6 aromatic carbocycles. The fourth-order valence-electron chi connectivity index (χ4n) is 6.60. The Kier molecular flexibility index (Phi) is 5.50. The number of aromatic nitrogens is 2. The zero-order chi connectivity index (χ0) is 29.0. The molecule has 206 valence electrons. The monoisotopic (exact) mass is 562 g/mol. The van der Waals surface area contributed by atoms with Crippen molar-refractivity contribution in [1.29, 1.82) is 0 Å². The number of rotatable bonds is 4. The molecule has 0 saturated heterocycles. The Balaban J connectivity index is 1.48. The molecule has 3 heteroatoms. The Morgan fingerprint density at radius 2 is 1.05 bits per heavy atom. The molecule has 0 bridgehead atoms. The van der Waals surface area contributed by atoms with Gasteiger partial charge < -0.3 is 8.98 Å². The van der Waals surface area contributed by atoms with Crippen LogP contribution in [0.4, 0.5) is 0 Å². The molecule has 0 spiro atoms. The average molecular weight is 563 g/mol. The summed E-state index contributed by atoms with van der Waals surface area (Å²) in [6.07, 6.45) is 0. The molecule has 0 aliphatic heterocycles. The summed E-state index contributed by atoms with van der Waals surface area (Å²) in [5.74, 6) is 0. The molecule has 3 nitrogen and oxygen atoms in total. The maximum atomic E-state index is 6.67. The van der Waals surface area contributed by atoms with E-state index in [9.17, 15) is 0 Å². The molecule has 9 aromatic rings. The van der Waals surface area contributed by atoms with Gasteiger partial charge in [0.15, 0.2) is 0 Å². The van der Waals surface area contributed by atoms with Gasteiger partial charge >= 0.3 is 0 Å². The summed E-state index contributed by atoms with van der Waals surface area (Å²) in [4.78, 5) is 5.18. The van der Waals surface area contributed by atoms with Crippen LogP contribution in [0.1, 0.15) is 0 Å². The summed E-state index contributed by atoms with van der Waals surface area (Å²) in [6.45, 7) is 0. The molecule has 3 aromatic heterocycles. The highest BCUT2D eigenvalue weighted by Crippen LogP contribution is 2.46. The number of hydrogen-bond donors (Lipinski definition) is 0. The lowest BCUT2D eigenvalue weighted by molar-refractivity contribution is 0.673. The first-order chi connectivity index (χ1) is 21.8. The van der Waals surface area contributed by atoms with Gasteiger partial charge in [0.25, 0.3) is 0 Å². The van der Waals surface area contributed by atoms with Gasteiger partial charge in [-0.3, -0.25) is 0 Å². The zero-order valence-corrected chi connectivity index (χ0v) is 23.8. The van der Waals surface area contributed by atoms with Crippen molar-refractivity contribution < 1.29 is 4.42 Å². The van der Waals surface area contributed by atoms with Crippen LogP contribution in [0.15, 0.2) is 162 Å². The maximum Gasteiger partial charge on any atom is 0.145 e. The number of benzene rings is 6. The van der Waals surface area contributed by atoms with E-state index in [0.29, 0.717) is 0 Å². The Morgan fingerprint density at radius 1 is 0.477 bits per heavy atom. The molecule has 9 rings (SSSR count). The molecule has 0 fully saturated rings. The highest BCUT2D eigenvalue weighted by Gasteiger charge is 2.23. The van der Waals surface area contributed by atoms with E-state index >= 15 is 0 Å². The summed E-state index contributed by atoms with van der Waals surface area (Å²) in [6, 6.07) is 55.3. The molecule has 3 heterocycles. The third kappa shape index (κ3) is 3.80. The lowest BCUT2D eigenvalue weighted by atomic mass is 9.96. The van der Waals surface area contributed by atoms with Crippen molar-refractivity contribution in [2.45, 2.75) is 0 Å². The Bertz CT molecular complexity index is 2420. The topological polar surface area (TPSA) is 31.0 Å². The van der Waals surface area contributed by atoms with E-state index < -0.39 is 0 Å². The molecule has 0 aliphatic carbocycles. The number of pyridine rings is 1. The summed E-state index contributed by atoms with van der Waals surface area (Å²) in [5.41, 5.74) is 11.5.